The Morgan fingerprint density at radius 2 is 1.90 bits per heavy atom. The van der Waals surface area contributed by atoms with Gasteiger partial charge in [-0.05, 0) is 69.0 Å². The van der Waals surface area contributed by atoms with E-state index in [-0.39, 0.29) is 64.8 Å². The van der Waals surface area contributed by atoms with Gasteiger partial charge in [-0.2, -0.15) is 5.10 Å². The molecule has 8 rings (SSSR count). The Morgan fingerprint density at radius 3 is 2.58 bits per heavy atom. The molecule has 2 atom stereocenters. The molecular weight excluding hydrogens is 635 g/mol. The summed E-state index contributed by atoms with van der Waals surface area (Å²) < 4.78 is 66.3. The van der Waals surface area contributed by atoms with Crippen molar-refractivity contribution in [2.45, 2.75) is 61.6 Å². The lowest BCUT2D eigenvalue weighted by molar-refractivity contribution is -0.286. The van der Waals surface area contributed by atoms with Crippen LogP contribution in [-0.2, 0) is 15.8 Å². The summed E-state index contributed by atoms with van der Waals surface area (Å²) in [6.07, 6.45) is -0.0699. The van der Waals surface area contributed by atoms with E-state index in [1.165, 1.54) is 44.4 Å². The summed E-state index contributed by atoms with van der Waals surface area (Å²) in [7, 11) is 1.47. The number of benzene rings is 2. The van der Waals surface area contributed by atoms with Gasteiger partial charge < -0.3 is 35.1 Å². The minimum atomic E-state index is -3.88. The van der Waals surface area contributed by atoms with Crippen molar-refractivity contribution in [1.29, 1.82) is 0 Å². The highest BCUT2D eigenvalue weighted by molar-refractivity contribution is 6.00. The van der Waals surface area contributed by atoms with Crippen molar-refractivity contribution >= 4 is 22.7 Å². The van der Waals surface area contributed by atoms with E-state index in [9.17, 15) is 23.5 Å². The van der Waals surface area contributed by atoms with E-state index in [2.05, 4.69) is 24.9 Å². The van der Waals surface area contributed by atoms with Gasteiger partial charge in [0.25, 0.3) is 5.91 Å². The molecule has 2 aromatic heterocycles. The Bertz CT molecular complexity index is 2050. The maximum atomic E-state index is 16.3. The van der Waals surface area contributed by atoms with E-state index in [1.54, 1.807) is 6.07 Å². The SMILES string of the molecule is COc1cc(C(=O)NC[C@](O)(c2cc3c(c(-c4ccc5c(c4)OC(F)(F)O5)n2)OC[C@]3(C)C(N)=O)C2(F)CC2)cc2cn(C3CC3)nc12. The highest BCUT2D eigenvalue weighted by Crippen LogP contribution is 2.55. The maximum absolute atomic E-state index is 16.3. The van der Waals surface area contributed by atoms with Crippen LogP contribution in [-0.4, -0.2) is 63.9 Å². The number of nitrogens with two attached hydrogens (primary N) is 1. The molecule has 4 heterocycles. The third-order valence-corrected chi connectivity index (χ3v) is 9.64. The molecule has 0 bridgehead atoms. The van der Waals surface area contributed by atoms with Gasteiger partial charge in [0.1, 0.15) is 40.4 Å². The first-order valence-electron chi connectivity index (χ1n) is 15.4. The predicted molar refractivity (Wildman–Crippen MR) is 162 cm³/mol. The number of rotatable bonds is 9. The van der Waals surface area contributed by atoms with Crippen molar-refractivity contribution in [3.63, 3.8) is 0 Å². The zero-order valence-corrected chi connectivity index (χ0v) is 25.8. The van der Waals surface area contributed by atoms with Crippen LogP contribution in [0, 0.1) is 0 Å². The molecule has 0 saturated heterocycles. The van der Waals surface area contributed by atoms with Crippen LogP contribution in [0.25, 0.3) is 22.2 Å². The highest BCUT2D eigenvalue weighted by atomic mass is 19.3. The standard InChI is InChI=1S/C33H30F3N5O7/c1-30(29(37)43)15-46-27-20(30)12-24(39-26(27)16-3-6-21-22(10-16)48-33(35,36)47-21)32(44,31(34)7-8-31)14-38-28(42)17-9-18-13-41(19-4-5-19)40-25(18)23(11-17)45-2/h3,6,9-13,19,44H,4-5,7-8,14-15H2,1-2H3,(H2,37,43)(H,38,42)/t30-,32-/m0/s1. The number of primary amides is 1. The van der Waals surface area contributed by atoms with Crippen molar-refractivity contribution in [2.75, 3.05) is 20.3 Å². The lowest BCUT2D eigenvalue weighted by atomic mass is 9.80. The molecule has 4 N–H and O–H groups in total. The van der Waals surface area contributed by atoms with E-state index in [4.69, 9.17) is 15.2 Å². The van der Waals surface area contributed by atoms with Gasteiger partial charge in [-0.25, -0.2) is 9.37 Å². The first-order valence-corrected chi connectivity index (χ1v) is 15.4. The number of halogens is 3. The van der Waals surface area contributed by atoms with Gasteiger partial charge in [0, 0.05) is 28.3 Å². The second kappa shape index (κ2) is 9.98. The zero-order valence-electron chi connectivity index (χ0n) is 25.8. The number of ether oxygens (including phenoxy) is 4. The maximum Gasteiger partial charge on any atom is 0.586 e. The Morgan fingerprint density at radius 1 is 1.15 bits per heavy atom. The number of carbonyl (C=O) groups is 2. The quantitative estimate of drug-likeness (QED) is 0.240. The van der Waals surface area contributed by atoms with E-state index in [0.29, 0.717) is 22.7 Å². The van der Waals surface area contributed by atoms with E-state index in [1.807, 2.05) is 10.9 Å². The number of pyridine rings is 1. The van der Waals surface area contributed by atoms with Crippen LogP contribution in [0.5, 0.6) is 23.0 Å². The van der Waals surface area contributed by atoms with Crippen LogP contribution in [0.1, 0.15) is 60.3 Å². The molecule has 2 aliphatic carbocycles. The number of hydrogen-bond donors (Lipinski definition) is 3. The molecular formula is C33H30F3N5O7. The molecule has 2 fully saturated rings. The third-order valence-electron chi connectivity index (χ3n) is 9.64. The molecule has 12 nitrogen and oxygen atoms in total. The molecule has 48 heavy (non-hydrogen) atoms. The minimum Gasteiger partial charge on any atom is -0.494 e. The Balaban J connectivity index is 1.18. The van der Waals surface area contributed by atoms with Crippen molar-refractivity contribution in [1.82, 2.24) is 20.1 Å². The second-order valence-electron chi connectivity index (χ2n) is 13.0. The Labute approximate surface area is 270 Å². The van der Waals surface area contributed by atoms with Crippen LogP contribution in [0.15, 0.2) is 42.6 Å². The molecule has 2 aromatic carbocycles. The Hall–Kier alpha value is -5.05. The first kappa shape index (κ1) is 30.3. The summed E-state index contributed by atoms with van der Waals surface area (Å²) in [5, 5.41) is 20.1. The summed E-state index contributed by atoms with van der Waals surface area (Å²) in [5.41, 5.74) is 0.820. The molecule has 2 aliphatic heterocycles. The summed E-state index contributed by atoms with van der Waals surface area (Å²) in [6, 6.07) is 8.72. The van der Waals surface area contributed by atoms with Gasteiger partial charge >= 0.3 is 6.29 Å². The summed E-state index contributed by atoms with van der Waals surface area (Å²) in [4.78, 5) is 30.8. The molecule has 0 radical (unpaired) electrons. The molecule has 0 spiro atoms. The molecule has 2 amide bonds. The summed E-state index contributed by atoms with van der Waals surface area (Å²) >= 11 is 0. The van der Waals surface area contributed by atoms with Crippen LogP contribution >= 0.6 is 0 Å². The molecule has 250 valence electrons. The van der Waals surface area contributed by atoms with Gasteiger partial charge in [0.05, 0.1) is 25.4 Å². The number of methoxy groups -OCH3 is 1. The lowest BCUT2D eigenvalue weighted by Crippen LogP contribution is -2.49. The fourth-order valence-corrected chi connectivity index (χ4v) is 6.34. The summed E-state index contributed by atoms with van der Waals surface area (Å²) in [6.45, 7) is 0.750. The topological polar surface area (TPSA) is 160 Å². The monoisotopic (exact) mass is 665 g/mol. The van der Waals surface area contributed by atoms with Crippen molar-refractivity contribution in [3.05, 3.63) is 59.4 Å². The number of alkyl halides is 3. The van der Waals surface area contributed by atoms with E-state index < -0.39 is 41.3 Å². The number of nitrogens with one attached hydrogen (secondary N) is 1. The van der Waals surface area contributed by atoms with E-state index >= 15 is 4.39 Å². The Kier molecular flexibility index (Phi) is 6.30. The smallest absolute Gasteiger partial charge is 0.494 e. The van der Waals surface area contributed by atoms with Gasteiger partial charge in [0.15, 0.2) is 17.1 Å². The van der Waals surface area contributed by atoms with Crippen LogP contribution in [0.3, 0.4) is 0 Å². The number of fused-ring (bicyclic) bond motifs is 3. The fourth-order valence-electron chi connectivity index (χ4n) is 6.34. The van der Waals surface area contributed by atoms with Crippen molar-refractivity contribution in [3.8, 4) is 34.3 Å². The number of amides is 2. The number of aromatic nitrogens is 3. The number of carbonyl (C=O) groups excluding carboxylic acids is 2. The van der Waals surface area contributed by atoms with Crippen molar-refractivity contribution in [2.24, 2.45) is 5.73 Å². The van der Waals surface area contributed by atoms with Gasteiger partial charge in [-0.1, -0.05) is 0 Å². The number of nitrogens with zero attached hydrogens (tertiary/aromatic N) is 3. The average molecular weight is 666 g/mol. The molecule has 0 unspecified atom stereocenters. The second-order valence-corrected chi connectivity index (χ2v) is 13.0. The molecule has 2 saturated carbocycles. The van der Waals surface area contributed by atoms with Crippen LogP contribution < -0.4 is 30.0 Å². The normalized spacial score (nSPS) is 22.5. The molecule has 4 aromatic rings. The van der Waals surface area contributed by atoms with E-state index in [0.717, 1.165) is 12.8 Å². The zero-order chi connectivity index (χ0) is 33.8. The highest BCUT2D eigenvalue weighted by Gasteiger charge is 2.62. The summed E-state index contributed by atoms with van der Waals surface area (Å²) in [5.74, 6) is -1.37. The minimum absolute atomic E-state index is 0.0194. The fraction of sp³-hybridized carbons (Fsp3) is 0.394. The van der Waals surface area contributed by atoms with Crippen LogP contribution in [0.2, 0.25) is 0 Å². The molecule has 4 aliphatic rings. The predicted octanol–water partition coefficient (Wildman–Crippen LogP) is 4.02. The average Bonchev–Trinajstić information content (AvgIpc) is 3.94. The number of aliphatic hydroxyl groups is 1. The lowest BCUT2D eigenvalue weighted by Gasteiger charge is -2.33. The first-order chi connectivity index (χ1) is 22.7. The third kappa shape index (κ3) is 4.62. The van der Waals surface area contributed by atoms with Gasteiger partial charge in [0.2, 0.25) is 5.91 Å². The van der Waals surface area contributed by atoms with Gasteiger partial charge in [-0.15, -0.1) is 8.78 Å². The van der Waals surface area contributed by atoms with Gasteiger partial charge in [-0.3, -0.25) is 14.3 Å². The largest absolute Gasteiger partial charge is 0.586 e. The number of hydrogen-bond acceptors (Lipinski definition) is 9. The van der Waals surface area contributed by atoms with Crippen LogP contribution in [0.4, 0.5) is 13.2 Å². The van der Waals surface area contributed by atoms with Crippen molar-refractivity contribution < 1.29 is 46.8 Å². The molecule has 15 heteroatoms.